The Balaban J connectivity index is 0. The maximum Gasteiger partial charge on any atom is 0.150 e. The normalized spacial score (nSPS) is 12.0. The fourth-order valence-electron chi connectivity index (χ4n) is 0.740. The molecule has 0 N–H and O–H groups in total. The van der Waals surface area contributed by atoms with Gasteiger partial charge in [-0.3, -0.25) is 9.69 Å². The van der Waals surface area contributed by atoms with Crippen molar-refractivity contribution in [3.8, 4) is 0 Å². The van der Waals surface area contributed by atoms with E-state index in [0.29, 0.717) is 0 Å². The fourth-order valence-corrected chi connectivity index (χ4v) is 0.740. The van der Waals surface area contributed by atoms with Gasteiger partial charge in [-0.05, 0) is 21.0 Å². The third kappa shape index (κ3) is 3.64. The van der Waals surface area contributed by atoms with Crippen molar-refractivity contribution in [1.29, 1.82) is 0 Å². The highest BCUT2D eigenvalue weighted by Gasteiger charge is 2.10. The number of carbonyl (C=O) groups is 1. The molecule has 0 aliphatic heterocycles. The predicted molar refractivity (Wildman–Crippen MR) is 45.6 cm³/mol. The van der Waals surface area contributed by atoms with Crippen LogP contribution in [0.3, 0.4) is 0 Å². The van der Waals surface area contributed by atoms with Gasteiger partial charge in [0.05, 0.1) is 6.04 Å². The molecule has 0 aliphatic carbocycles. The van der Waals surface area contributed by atoms with E-state index in [0.717, 1.165) is 0 Å². The van der Waals surface area contributed by atoms with Gasteiger partial charge in [-0.25, -0.2) is 0 Å². The first-order valence-electron chi connectivity index (χ1n) is 2.89. The van der Waals surface area contributed by atoms with Crippen molar-refractivity contribution < 1.29 is 4.79 Å². The Labute approximate surface area is 68.3 Å². The van der Waals surface area contributed by atoms with Gasteiger partial charge in [0.15, 0.2) is 5.78 Å². The van der Waals surface area contributed by atoms with E-state index in [1.807, 2.05) is 19.0 Å². The zero-order chi connectivity index (χ0) is 7.44. The number of nitrogens with zero attached hydrogens (tertiary/aromatic N) is 1. The molecule has 0 heterocycles. The van der Waals surface area contributed by atoms with Gasteiger partial charge in [-0.1, -0.05) is 6.08 Å². The molecule has 0 aliphatic rings. The molecule has 0 radical (unpaired) electrons. The summed E-state index contributed by atoms with van der Waals surface area (Å²) in [6.07, 6.45) is 1.64. The van der Waals surface area contributed by atoms with Crippen LogP contribution in [0.5, 0.6) is 0 Å². The number of ketones is 1. The van der Waals surface area contributed by atoms with E-state index in [-0.39, 0.29) is 24.2 Å². The second-order valence-electron chi connectivity index (χ2n) is 2.25. The third-order valence-electron chi connectivity index (χ3n) is 1.20. The van der Waals surface area contributed by atoms with Crippen LogP contribution >= 0.6 is 12.4 Å². The van der Waals surface area contributed by atoms with Crippen molar-refractivity contribution in [2.75, 3.05) is 14.1 Å². The third-order valence-corrected chi connectivity index (χ3v) is 1.20. The number of rotatable bonds is 3. The standard InChI is InChI=1S/C7H13NO.ClH/c1-5-7(6(2)9)8(3)4;/h5,7H,1H2,2-4H3;1H. The molecule has 0 aromatic rings. The van der Waals surface area contributed by atoms with Crippen molar-refractivity contribution in [2.24, 2.45) is 0 Å². The van der Waals surface area contributed by atoms with E-state index in [2.05, 4.69) is 6.58 Å². The molecule has 0 amide bonds. The average molecular weight is 164 g/mol. The monoisotopic (exact) mass is 163 g/mol. The molecule has 1 atom stereocenters. The minimum atomic E-state index is -0.120. The van der Waals surface area contributed by atoms with Crippen molar-refractivity contribution >= 4 is 18.2 Å². The van der Waals surface area contributed by atoms with Crippen molar-refractivity contribution in [3.05, 3.63) is 12.7 Å². The topological polar surface area (TPSA) is 20.3 Å². The Kier molecular flexibility index (Phi) is 6.72. The van der Waals surface area contributed by atoms with Gasteiger partial charge >= 0.3 is 0 Å². The minimum Gasteiger partial charge on any atom is -0.298 e. The minimum absolute atomic E-state index is 0. The quantitative estimate of drug-likeness (QED) is 0.582. The molecule has 2 nitrogen and oxygen atoms in total. The number of hydrogen-bond donors (Lipinski definition) is 0. The molecular formula is C7H14ClNO. The van der Waals surface area contributed by atoms with Gasteiger partial charge in [0.1, 0.15) is 0 Å². The number of likely N-dealkylation sites (N-methyl/N-ethyl adjacent to an activating group) is 1. The summed E-state index contributed by atoms with van der Waals surface area (Å²) in [6.45, 7) is 5.10. The first-order chi connectivity index (χ1) is 4.09. The molecule has 10 heavy (non-hydrogen) atoms. The number of carbonyl (C=O) groups excluding carboxylic acids is 1. The van der Waals surface area contributed by atoms with E-state index >= 15 is 0 Å². The zero-order valence-electron chi connectivity index (χ0n) is 6.63. The fraction of sp³-hybridized carbons (Fsp3) is 0.571. The molecule has 60 valence electrons. The van der Waals surface area contributed by atoms with Gasteiger partial charge in [0, 0.05) is 0 Å². The summed E-state index contributed by atoms with van der Waals surface area (Å²) in [5.41, 5.74) is 0. The lowest BCUT2D eigenvalue weighted by atomic mass is 10.2. The largest absolute Gasteiger partial charge is 0.298 e. The molecular weight excluding hydrogens is 150 g/mol. The molecule has 0 saturated carbocycles. The van der Waals surface area contributed by atoms with E-state index in [4.69, 9.17) is 0 Å². The lowest BCUT2D eigenvalue weighted by molar-refractivity contribution is -0.119. The van der Waals surface area contributed by atoms with Crippen molar-refractivity contribution in [1.82, 2.24) is 4.90 Å². The Morgan fingerprint density at radius 2 is 2.00 bits per heavy atom. The van der Waals surface area contributed by atoms with Crippen LogP contribution in [0.2, 0.25) is 0 Å². The van der Waals surface area contributed by atoms with Gasteiger partial charge < -0.3 is 0 Å². The highest BCUT2D eigenvalue weighted by Crippen LogP contribution is 1.94. The van der Waals surface area contributed by atoms with Crippen LogP contribution in [0.4, 0.5) is 0 Å². The van der Waals surface area contributed by atoms with Crippen LogP contribution in [-0.2, 0) is 4.79 Å². The summed E-state index contributed by atoms with van der Waals surface area (Å²) < 4.78 is 0. The van der Waals surface area contributed by atoms with Crippen LogP contribution in [0.25, 0.3) is 0 Å². The van der Waals surface area contributed by atoms with Gasteiger partial charge in [0.2, 0.25) is 0 Å². The van der Waals surface area contributed by atoms with Crippen LogP contribution in [0, 0.1) is 0 Å². The summed E-state index contributed by atoms with van der Waals surface area (Å²) in [5, 5.41) is 0. The number of halogens is 1. The maximum absolute atomic E-state index is 10.7. The molecule has 0 saturated heterocycles. The molecule has 0 aromatic heterocycles. The first-order valence-corrected chi connectivity index (χ1v) is 2.89. The summed E-state index contributed by atoms with van der Waals surface area (Å²) >= 11 is 0. The SMILES string of the molecule is C=CC(C(C)=O)N(C)C.Cl. The predicted octanol–water partition coefficient (Wildman–Crippen LogP) is 1.11. The highest BCUT2D eigenvalue weighted by molar-refractivity contribution is 5.85. The molecule has 0 spiro atoms. The van der Waals surface area contributed by atoms with Crippen molar-refractivity contribution in [3.63, 3.8) is 0 Å². The van der Waals surface area contributed by atoms with E-state index in [1.165, 1.54) is 0 Å². The van der Waals surface area contributed by atoms with E-state index in [1.54, 1.807) is 13.0 Å². The second kappa shape index (κ2) is 5.45. The number of Topliss-reactive ketones (excluding diaryl/α,β-unsaturated/α-hetero) is 1. The van der Waals surface area contributed by atoms with Crippen molar-refractivity contribution in [2.45, 2.75) is 13.0 Å². The Hall–Kier alpha value is -0.340. The summed E-state index contributed by atoms with van der Waals surface area (Å²) in [5.74, 6) is 0.134. The molecule has 0 rings (SSSR count). The number of hydrogen-bond acceptors (Lipinski definition) is 2. The average Bonchev–Trinajstić information content (AvgIpc) is 1.64. The Morgan fingerprint density at radius 1 is 1.60 bits per heavy atom. The van der Waals surface area contributed by atoms with E-state index < -0.39 is 0 Å². The lowest BCUT2D eigenvalue weighted by Crippen LogP contribution is -2.31. The molecule has 0 bridgehead atoms. The molecule has 0 aromatic carbocycles. The maximum atomic E-state index is 10.7. The summed E-state index contributed by atoms with van der Waals surface area (Å²) in [4.78, 5) is 12.5. The van der Waals surface area contributed by atoms with Gasteiger partial charge in [-0.15, -0.1) is 19.0 Å². The molecule has 3 heteroatoms. The van der Waals surface area contributed by atoms with Crippen LogP contribution in [0.15, 0.2) is 12.7 Å². The first kappa shape index (κ1) is 12.3. The smallest absolute Gasteiger partial charge is 0.150 e. The Morgan fingerprint density at radius 3 is 2.00 bits per heavy atom. The lowest BCUT2D eigenvalue weighted by Gasteiger charge is -2.16. The Bertz CT molecular complexity index is 123. The molecule has 0 fully saturated rings. The van der Waals surface area contributed by atoms with Crippen LogP contribution in [-0.4, -0.2) is 30.8 Å². The van der Waals surface area contributed by atoms with Gasteiger partial charge in [0.25, 0.3) is 0 Å². The van der Waals surface area contributed by atoms with Crippen LogP contribution < -0.4 is 0 Å². The highest BCUT2D eigenvalue weighted by atomic mass is 35.5. The van der Waals surface area contributed by atoms with E-state index in [9.17, 15) is 4.79 Å². The zero-order valence-corrected chi connectivity index (χ0v) is 7.44. The van der Waals surface area contributed by atoms with Gasteiger partial charge in [-0.2, -0.15) is 0 Å². The summed E-state index contributed by atoms with van der Waals surface area (Å²) in [6, 6.07) is -0.120. The van der Waals surface area contributed by atoms with Crippen LogP contribution in [0.1, 0.15) is 6.92 Å². The second-order valence-corrected chi connectivity index (χ2v) is 2.25. The summed E-state index contributed by atoms with van der Waals surface area (Å²) in [7, 11) is 3.71. The molecule has 1 unspecified atom stereocenters.